The summed E-state index contributed by atoms with van der Waals surface area (Å²) in [4.78, 5) is 14.6. The van der Waals surface area contributed by atoms with Crippen molar-refractivity contribution in [2.75, 3.05) is 20.2 Å². The molecular formula is C33H40N4O. The number of aromatic nitrogens is 2. The fourth-order valence-corrected chi connectivity index (χ4v) is 4.78. The Labute approximate surface area is 228 Å². The molecule has 0 radical (unpaired) electrons. The minimum atomic E-state index is 0.792. The highest BCUT2D eigenvalue weighted by Gasteiger charge is 2.14. The zero-order chi connectivity index (χ0) is 26.7. The van der Waals surface area contributed by atoms with Crippen molar-refractivity contribution in [2.24, 2.45) is 0 Å². The number of hydrogen-bond donors (Lipinski definition) is 0. The quantitative estimate of drug-likeness (QED) is 0.210. The summed E-state index contributed by atoms with van der Waals surface area (Å²) in [7, 11) is 1.72. The smallest absolute Gasteiger partial charge is 0.119 e. The lowest BCUT2D eigenvalue weighted by Crippen LogP contribution is -2.34. The predicted octanol–water partition coefficient (Wildman–Crippen LogP) is 6.37. The molecule has 0 unspecified atom stereocenters. The predicted molar refractivity (Wildman–Crippen MR) is 155 cm³/mol. The van der Waals surface area contributed by atoms with Gasteiger partial charge in [-0.25, -0.2) is 0 Å². The van der Waals surface area contributed by atoms with E-state index in [9.17, 15) is 0 Å². The van der Waals surface area contributed by atoms with Gasteiger partial charge < -0.3 is 4.74 Å². The molecule has 2 aromatic carbocycles. The number of rotatable bonds is 13. The van der Waals surface area contributed by atoms with E-state index in [1.807, 2.05) is 6.07 Å². The maximum atomic E-state index is 5.48. The highest BCUT2D eigenvalue weighted by atomic mass is 16.5. The molecule has 0 atom stereocenters. The molecule has 38 heavy (non-hydrogen) atoms. The summed E-state index contributed by atoms with van der Waals surface area (Å²) < 4.78 is 5.48. The molecule has 2 aromatic heterocycles. The fraction of sp³-hybridized carbons (Fsp3) is 0.333. The van der Waals surface area contributed by atoms with Gasteiger partial charge in [-0.1, -0.05) is 55.5 Å². The van der Waals surface area contributed by atoms with Gasteiger partial charge in [-0.2, -0.15) is 0 Å². The Balaban J connectivity index is 1.54. The number of aryl methyl sites for hydroxylation is 3. The van der Waals surface area contributed by atoms with Crippen molar-refractivity contribution in [1.82, 2.24) is 19.8 Å². The van der Waals surface area contributed by atoms with Crippen LogP contribution in [0.4, 0.5) is 0 Å². The molecule has 4 rings (SSSR count). The monoisotopic (exact) mass is 508 g/mol. The second-order valence-corrected chi connectivity index (χ2v) is 9.99. The van der Waals surface area contributed by atoms with Crippen LogP contribution in [0.3, 0.4) is 0 Å². The summed E-state index contributed by atoms with van der Waals surface area (Å²) >= 11 is 0. The second kappa shape index (κ2) is 13.8. The van der Waals surface area contributed by atoms with Crippen LogP contribution in [-0.2, 0) is 32.6 Å². The van der Waals surface area contributed by atoms with Crippen molar-refractivity contribution in [3.05, 3.63) is 124 Å². The lowest BCUT2D eigenvalue weighted by atomic mass is 10.1. The molecule has 0 aliphatic heterocycles. The van der Waals surface area contributed by atoms with E-state index in [2.05, 4.69) is 109 Å². The van der Waals surface area contributed by atoms with Gasteiger partial charge in [0.15, 0.2) is 0 Å². The van der Waals surface area contributed by atoms with Crippen LogP contribution in [-0.4, -0.2) is 40.0 Å². The first-order chi connectivity index (χ1) is 18.5. The summed E-state index contributed by atoms with van der Waals surface area (Å²) in [6.45, 7) is 11.5. The number of methoxy groups -OCH3 is 1. The molecule has 0 bridgehead atoms. The fourth-order valence-electron chi connectivity index (χ4n) is 4.78. The summed E-state index contributed by atoms with van der Waals surface area (Å²) in [5.41, 5.74) is 8.26. The van der Waals surface area contributed by atoms with E-state index in [1.165, 1.54) is 16.7 Å². The standard InChI is InChI=1S/C33H40N4O/c1-5-28-12-8-13-29(20-28)22-36(24-31-15-6-10-26(2)34-31)18-19-37(25-32-16-7-11-27(3)35-32)23-30-14-9-17-33(21-30)38-4/h6-17,20-21H,5,18-19,22-25H2,1-4H3. The zero-order valence-corrected chi connectivity index (χ0v) is 23.2. The maximum Gasteiger partial charge on any atom is 0.119 e. The van der Waals surface area contributed by atoms with Crippen molar-refractivity contribution < 1.29 is 4.74 Å². The van der Waals surface area contributed by atoms with Crippen LogP contribution in [0.1, 0.15) is 46.4 Å². The highest BCUT2D eigenvalue weighted by molar-refractivity contribution is 5.28. The SMILES string of the molecule is CCc1cccc(CN(CCN(Cc2cccc(OC)c2)Cc2cccc(C)n2)Cc2cccc(C)n2)c1. The van der Waals surface area contributed by atoms with Gasteiger partial charge in [0.1, 0.15) is 5.75 Å². The van der Waals surface area contributed by atoms with Crippen LogP contribution in [0, 0.1) is 13.8 Å². The van der Waals surface area contributed by atoms with E-state index in [4.69, 9.17) is 14.7 Å². The van der Waals surface area contributed by atoms with Crippen LogP contribution < -0.4 is 4.74 Å². The molecule has 5 heteroatoms. The lowest BCUT2D eigenvalue weighted by molar-refractivity contribution is 0.180. The number of ether oxygens (including phenoxy) is 1. The zero-order valence-electron chi connectivity index (χ0n) is 23.2. The Hall–Kier alpha value is -3.54. The van der Waals surface area contributed by atoms with Gasteiger partial charge in [0.2, 0.25) is 0 Å². The molecule has 0 saturated carbocycles. The van der Waals surface area contributed by atoms with Crippen LogP contribution in [0.2, 0.25) is 0 Å². The topological polar surface area (TPSA) is 41.5 Å². The van der Waals surface area contributed by atoms with E-state index >= 15 is 0 Å². The van der Waals surface area contributed by atoms with Gasteiger partial charge in [-0.15, -0.1) is 0 Å². The molecule has 0 aliphatic rings. The molecule has 5 nitrogen and oxygen atoms in total. The summed E-state index contributed by atoms with van der Waals surface area (Å²) in [6, 6.07) is 29.9. The van der Waals surface area contributed by atoms with Gasteiger partial charge in [0.05, 0.1) is 18.5 Å². The third-order valence-electron chi connectivity index (χ3n) is 6.74. The average Bonchev–Trinajstić information content (AvgIpc) is 2.92. The Morgan fingerprint density at radius 3 is 1.63 bits per heavy atom. The van der Waals surface area contributed by atoms with Crippen LogP contribution in [0.5, 0.6) is 5.75 Å². The van der Waals surface area contributed by atoms with Gasteiger partial charge >= 0.3 is 0 Å². The molecule has 198 valence electrons. The van der Waals surface area contributed by atoms with Crippen molar-refractivity contribution in [3.63, 3.8) is 0 Å². The first-order valence-electron chi connectivity index (χ1n) is 13.5. The van der Waals surface area contributed by atoms with Crippen LogP contribution in [0.25, 0.3) is 0 Å². The molecule has 2 heterocycles. The van der Waals surface area contributed by atoms with Gasteiger partial charge in [0, 0.05) is 50.7 Å². The van der Waals surface area contributed by atoms with Gasteiger partial charge in [-0.05, 0) is 73.4 Å². The van der Waals surface area contributed by atoms with Crippen LogP contribution >= 0.6 is 0 Å². The number of pyridine rings is 2. The molecule has 0 aliphatic carbocycles. The Kier molecular flexibility index (Phi) is 10.0. The summed E-state index contributed by atoms with van der Waals surface area (Å²) in [5, 5.41) is 0. The van der Waals surface area contributed by atoms with E-state index < -0.39 is 0 Å². The Morgan fingerprint density at radius 1 is 0.605 bits per heavy atom. The van der Waals surface area contributed by atoms with Gasteiger partial charge in [0.25, 0.3) is 0 Å². The van der Waals surface area contributed by atoms with Crippen molar-refractivity contribution in [3.8, 4) is 5.75 Å². The van der Waals surface area contributed by atoms with Crippen molar-refractivity contribution >= 4 is 0 Å². The molecule has 0 N–H and O–H groups in total. The second-order valence-electron chi connectivity index (χ2n) is 9.99. The number of hydrogen-bond acceptors (Lipinski definition) is 5. The molecule has 0 amide bonds. The third kappa shape index (κ3) is 8.51. The average molecular weight is 509 g/mol. The van der Waals surface area contributed by atoms with Crippen LogP contribution in [0.15, 0.2) is 84.9 Å². The Morgan fingerprint density at radius 2 is 1.11 bits per heavy atom. The summed E-state index contributed by atoms with van der Waals surface area (Å²) in [6.07, 6.45) is 1.05. The lowest BCUT2D eigenvalue weighted by Gasteiger charge is -2.28. The normalized spacial score (nSPS) is 11.3. The maximum absolute atomic E-state index is 5.48. The first kappa shape index (κ1) is 27.5. The molecule has 0 fully saturated rings. The number of nitrogens with zero attached hydrogens (tertiary/aromatic N) is 4. The molecule has 0 spiro atoms. The van der Waals surface area contributed by atoms with Gasteiger partial charge in [-0.3, -0.25) is 19.8 Å². The van der Waals surface area contributed by atoms with E-state index in [0.29, 0.717) is 0 Å². The molecule has 0 saturated heterocycles. The highest BCUT2D eigenvalue weighted by Crippen LogP contribution is 2.17. The van der Waals surface area contributed by atoms with E-state index in [1.54, 1.807) is 7.11 Å². The summed E-state index contributed by atoms with van der Waals surface area (Å²) in [5.74, 6) is 0.888. The largest absolute Gasteiger partial charge is 0.497 e. The third-order valence-corrected chi connectivity index (χ3v) is 6.74. The Bertz CT molecular complexity index is 1200. The number of benzene rings is 2. The van der Waals surface area contributed by atoms with Crippen molar-refractivity contribution in [2.45, 2.75) is 53.4 Å². The molecular weight excluding hydrogens is 468 g/mol. The van der Waals surface area contributed by atoms with Crippen molar-refractivity contribution in [1.29, 1.82) is 0 Å². The minimum Gasteiger partial charge on any atom is -0.497 e. The molecule has 4 aromatic rings. The first-order valence-corrected chi connectivity index (χ1v) is 13.5. The minimum absolute atomic E-state index is 0.792. The van der Waals surface area contributed by atoms with E-state index in [0.717, 1.165) is 74.2 Å². The van der Waals surface area contributed by atoms with E-state index in [-0.39, 0.29) is 0 Å².